The van der Waals surface area contributed by atoms with Crippen molar-refractivity contribution in [2.24, 2.45) is 0 Å². The summed E-state index contributed by atoms with van der Waals surface area (Å²) >= 11 is 1.50. The van der Waals surface area contributed by atoms with Crippen LogP contribution in [0.5, 0.6) is 5.75 Å². The molecular formula is C15H13NO2S. The molecule has 0 aliphatic heterocycles. The molecule has 0 aliphatic carbocycles. The number of nitriles is 1. The topological polar surface area (TPSA) is 50.1 Å². The van der Waals surface area contributed by atoms with Crippen LogP contribution in [0.2, 0.25) is 0 Å². The average Bonchev–Trinajstić information content (AvgIpc) is 2.98. The van der Waals surface area contributed by atoms with Gasteiger partial charge in [-0.25, -0.2) is 0 Å². The third-order valence-corrected chi connectivity index (χ3v) is 3.83. The number of carbonyl (C=O) groups is 1. The zero-order valence-electron chi connectivity index (χ0n) is 10.5. The Morgan fingerprint density at radius 2 is 2.11 bits per heavy atom. The lowest BCUT2D eigenvalue weighted by atomic mass is 9.98. The molecule has 0 spiro atoms. The summed E-state index contributed by atoms with van der Waals surface area (Å²) in [5, 5.41) is 11.1. The van der Waals surface area contributed by atoms with Crippen LogP contribution in [0.25, 0.3) is 0 Å². The Morgan fingerprint density at radius 1 is 1.37 bits per heavy atom. The van der Waals surface area contributed by atoms with Crippen molar-refractivity contribution in [3.8, 4) is 11.8 Å². The number of carbonyl (C=O) groups excluding carboxylic acids is 1. The summed E-state index contributed by atoms with van der Waals surface area (Å²) in [4.78, 5) is 13.1. The van der Waals surface area contributed by atoms with Gasteiger partial charge in [0.05, 0.1) is 19.1 Å². The van der Waals surface area contributed by atoms with E-state index in [1.807, 2.05) is 17.5 Å². The second-order valence-electron chi connectivity index (χ2n) is 4.05. The molecular weight excluding hydrogens is 258 g/mol. The van der Waals surface area contributed by atoms with E-state index in [1.165, 1.54) is 11.3 Å². The van der Waals surface area contributed by atoms with Crippen LogP contribution in [0.3, 0.4) is 0 Å². The lowest BCUT2D eigenvalue weighted by molar-refractivity contribution is 0.0979. The minimum atomic E-state index is -0.366. The number of hydrogen-bond donors (Lipinski definition) is 0. The lowest BCUT2D eigenvalue weighted by Crippen LogP contribution is -2.05. The summed E-state index contributed by atoms with van der Waals surface area (Å²) in [6.45, 7) is 0. The van der Waals surface area contributed by atoms with Gasteiger partial charge < -0.3 is 4.74 Å². The average molecular weight is 271 g/mol. The van der Waals surface area contributed by atoms with Crippen LogP contribution in [-0.2, 0) is 0 Å². The van der Waals surface area contributed by atoms with Crippen molar-refractivity contribution in [3.63, 3.8) is 0 Å². The van der Waals surface area contributed by atoms with Crippen molar-refractivity contribution in [2.45, 2.75) is 12.3 Å². The Labute approximate surface area is 116 Å². The van der Waals surface area contributed by atoms with Crippen LogP contribution in [0.1, 0.15) is 27.6 Å². The normalized spacial score (nSPS) is 11.6. The highest BCUT2D eigenvalue weighted by molar-refractivity contribution is 7.10. The first-order valence-corrected chi connectivity index (χ1v) is 6.73. The Hall–Kier alpha value is -2.12. The van der Waals surface area contributed by atoms with Crippen molar-refractivity contribution < 1.29 is 9.53 Å². The maximum absolute atomic E-state index is 12.1. The number of benzene rings is 1. The number of thiophene rings is 1. The fourth-order valence-electron chi connectivity index (χ4n) is 1.78. The molecule has 0 saturated carbocycles. The van der Waals surface area contributed by atoms with E-state index in [0.29, 0.717) is 11.3 Å². The first-order chi connectivity index (χ1) is 9.24. The molecule has 0 amide bonds. The summed E-state index contributed by atoms with van der Waals surface area (Å²) in [5.74, 6) is 0.323. The molecule has 19 heavy (non-hydrogen) atoms. The van der Waals surface area contributed by atoms with Gasteiger partial charge in [0.15, 0.2) is 5.78 Å². The molecule has 0 radical (unpaired) electrons. The standard InChI is InChI=1S/C15H13NO2S/c1-18-13-6-4-11(5-7-13)14(17)9-12(10-16)15-3-2-8-19-15/h2-8,12H,9H2,1H3. The zero-order valence-corrected chi connectivity index (χ0v) is 11.3. The van der Waals surface area contributed by atoms with Gasteiger partial charge in [-0.05, 0) is 35.7 Å². The second kappa shape index (κ2) is 6.17. The van der Waals surface area contributed by atoms with Crippen LogP contribution in [0.4, 0.5) is 0 Å². The Morgan fingerprint density at radius 3 is 2.63 bits per heavy atom. The van der Waals surface area contributed by atoms with Crippen LogP contribution in [0, 0.1) is 11.3 Å². The molecule has 1 aromatic carbocycles. The molecule has 0 N–H and O–H groups in total. The maximum atomic E-state index is 12.1. The van der Waals surface area contributed by atoms with Crippen molar-refractivity contribution in [3.05, 3.63) is 52.2 Å². The molecule has 1 atom stereocenters. The van der Waals surface area contributed by atoms with Gasteiger partial charge in [-0.2, -0.15) is 5.26 Å². The van der Waals surface area contributed by atoms with Gasteiger partial charge in [0.1, 0.15) is 5.75 Å². The number of methoxy groups -OCH3 is 1. The molecule has 0 bridgehead atoms. The van der Waals surface area contributed by atoms with E-state index in [1.54, 1.807) is 31.4 Å². The smallest absolute Gasteiger partial charge is 0.164 e. The van der Waals surface area contributed by atoms with Gasteiger partial charge in [-0.1, -0.05) is 6.07 Å². The molecule has 1 unspecified atom stereocenters. The summed E-state index contributed by atoms with van der Waals surface area (Å²) in [6.07, 6.45) is 0.212. The highest BCUT2D eigenvalue weighted by Gasteiger charge is 2.17. The Balaban J connectivity index is 2.09. The van der Waals surface area contributed by atoms with Gasteiger partial charge in [-0.3, -0.25) is 4.79 Å². The van der Waals surface area contributed by atoms with E-state index in [4.69, 9.17) is 10.00 Å². The van der Waals surface area contributed by atoms with Crippen LogP contribution in [0.15, 0.2) is 41.8 Å². The molecule has 0 fully saturated rings. The van der Waals surface area contributed by atoms with Crippen molar-refractivity contribution >= 4 is 17.1 Å². The Kier molecular flexibility index (Phi) is 4.32. The van der Waals surface area contributed by atoms with Gasteiger partial charge in [-0.15, -0.1) is 11.3 Å². The van der Waals surface area contributed by atoms with E-state index in [-0.39, 0.29) is 18.1 Å². The van der Waals surface area contributed by atoms with E-state index in [0.717, 1.165) is 4.88 Å². The summed E-state index contributed by atoms with van der Waals surface area (Å²) in [7, 11) is 1.58. The van der Waals surface area contributed by atoms with E-state index >= 15 is 0 Å². The number of hydrogen-bond acceptors (Lipinski definition) is 4. The first kappa shape index (κ1) is 13.3. The number of ketones is 1. The molecule has 0 saturated heterocycles. The van der Waals surface area contributed by atoms with Gasteiger partial charge in [0.25, 0.3) is 0 Å². The predicted molar refractivity (Wildman–Crippen MR) is 74.6 cm³/mol. The van der Waals surface area contributed by atoms with Crippen LogP contribution >= 0.6 is 11.3 Å². The van der Waals surface area contributed by atoms with Crippen LogP contribution < -0.4 is 4.74 Å². The zero-order chi connectivity index (χ0) is 13.7. The summed E-state index contributed by atoms with van der Waals surface area (Å²) in [5.41, 5.74) is 0.609. The molecule has 1 aromatic heterocycles. The lowest BCUT2D eigenvalue weighted by Gasteiger charge is -2.06. The summed E-state index contributed by atoms with van der Waals surface area (Å²) in [6, 6.07) is 12.9. The number of rotatable bonds is 5. The number of nitrogens with zero attached hydrogens (tertiary/aromatic N) is 1. The molecule has 96 valence electrons. The highest BCUT2D eigenvalue weighted by atomic mass is 32.1. The van der Waals surface area contributed by atoms with Gasteiger partial charge in [0.2, 0.25) is 0 Å². The van der Waals surface area contributed by atoms with E-state index in [2.05, 4.69) is 6.07 Å². The molecule has 2 rings (SSSR count). The monoisotopic (exact) mass is 271 g/mol. The highest BCUT2D eigenvalue weighted by Crippen LogP contribution is 2.25. The summed E-state index contributed by atoms with van der Waals surface area (Å²) < 4.78 is 5.05. The molecule has 4 heteroatoms. The molecule has 1 heterocycles. The van der Waals surface area contributed by atoms with Gasteiger partial charge >= 0.3 is 0 Å². The first-order valence-electron chi connectivity index (χ1n) is 5.85. The third kappa shape index (κ3) is 3.21. The Bertz CT molecular complexity index is 582. The molecule has 3 nitrogen and oxygen atoms in total. The van der Waals surface area contributed by atoms with Crippen molar-refractivity contribution in [2.75, 3.05) is 7.11 Å². The number of Topliss-reactive ketones (excluding diaryl/α,β-unsaturated/α-hetero) is 1. The van der Waals surface area contributed by atoms with E-state index in [9.17, 15) is 4.79 Å². The quantitative estimate of drug-likeness (QED) is 0.780. The van der Waals surface area contributed by atoms with Crippen molar-refractivity contribution in [1.82, 2.24) is 0 Å². The largest absolute Gasteiger partial charge is 0.497 e. The second-order valence-corrected chi connectivity index (χ2v) is 5.03. The minimum absolute atomic E-state index is 0.0254. The molecule has 0 aliphatic rings. The SMILES string of the molecule is COc1ccc(C(=O)CC(C#N)c2cccs2)cc1. The fourth-order valence-corrected chi connectivity index (χ4v) is 2.55. The predicted octanol–water partition coefficient (Wildman–Crippen LogP) is 3.64. The maximum Gasteiger partial charge on any atom is 0.164 e. The van der Waals surface area contributed by atoms with Crippen molar-refractivity contribution in [1.29, 1.82) is 5.26 Å². The number of ether oxygens (including phenoxy) is 1. The van der Waals surface area contributed by atoms with Gasteiger partial charge in [0, 0.05) is 16.9 Å². The van der Waals surface area contributed by atoms with E-state index < -0.39 is 0 Å². The molecule has 2 aromatic rings. The van der Waals surface area contributed by atoms with Crippen LogP contribution in [-0.4, -0.2) is 12.9 Å². The fraction of sp³-hybridized carbons (Fsp3) is 0.200. The third-order valence-electron chi connectivity index (χ3n) is 2.84. The minimum Gasteiger partial charge on any atom is -0.497 e.